The van der Waals surface area contributed by atoms with Crippen LogP contribution in [0.3, 0.4) is 0 Å². The molecule has 1 fully saturated rings. The Morgan fingerprint density at radius 2 is 2.38 bits per heavy atom. The van der Waals surface area contributed by atoms with Crippen LogP contribution in [0.1, 0.15) is 43.2 Å². The van der Waals surface area contributed by atoms with Gasteiger partial charge in [-0.2, -0.15) is 0 Å². The van der Waals surface area contributed by atoms with Gasteiger partial charge in [-0.3, -0.25) is 0 Å². The first-order valence-corrected chi connectivity index (χ1v) is 7.02. The van der Waals surface area contributed by atoms with Crippen LogP contribution < -0.4 is 5.32 Å². The average Bonchev–Trinajstić information content (AvgIpc) is 2.84. The Labute approximate surface area is 102 Å². The molecule has 1 aliphatic rings. The van der Waals surface area contributed by atoms with Crippen LogP contribution >= 0.6 is 11.3 Å². The van der Waals surface area contributed by atoms with Gasteiger partial charge in [-0.15, -0.1) is 11.3 Å². The minimum Gasteiger partial charge on any atom is -0.373 e. The predicted molar refractivity (Wildman–Crippen MR) is 69.0 cm³/mol. The van der Waals surface area contributed by atoms with E-state index in [0.29, 0.717) is 18.2 Å². The van der Waals surface area contributed by atoms with E-state index in [2.05, 4.69) is 37.5 Å². The van der Waals surface area contributed by atoms with Gasteiger partial charge in [0.25, 0.3) is 0 Å². The fourth-order valence-electron chi connectivity index (χ4n) is 2.39. The average molecular weight is 239 g/mol. The molecule has 3 unspecified atom stereocenters. The van der Waals surface area contributed by atoms with Crippen molar-refractivity contribution in [1.82, 2.24) is 5.32 Å². The van der Waals surface area contributed by atoms with Gasteiger partial charge in [0.05, 0.1) is 18.2 Å². The van der Waals surface area contributed by atoms with Crippen molar-refractivity contribution in [2.24, 2.45) is 0 Å². The topological polar surface area (TPSA) is 21.3 Å². The molecule has 0 amide bonds. The van der Waals surface area contributed by atoms with E-state index in [1.807, 2.05) is 11.3 Å². The van der Waals surface area contributed by atoms with E-state index in [4.69, 9.17) is 4.74 Å². The Morgan fingerprint density at radius 3 is 2.88 bits per heavy atom. The summed E-state index contributed by atoms with van der Waals surface area (Å²) in [6.45, 7) is 7.48. The summed E-state index contributed by atoms with van der Waals surface area (Å²) in [4.78, 5) is 1.38. The minimum absolute atomic E-state index is 0.351. The fourth-order valence-corrected chi connectivity index (χ4v) is 3.13. The van der Waals surface area contributed by atoms with Gasteiger partial charge >= 0.3 is 0 Å². The van der Waals surface area contributed by atoms with Crippen LogP contribution in [0.2, 0.25) is 0 Å². The van der Waals surface area contributed by atoms with Crippen LogP contribution in [0.4, 0.5) is 0 Å². The van der Waals surface area contributed by atoms with Gasteiger partial charge in [0, 0.05) is 4.88 Å². The first-order chi connectivity index (χ1) is 7.70. The highest BCUT2D eigenvalue weighted by atomic mass is 32.1. The lowest BCUT2D eigenvalue weighted by Gasteiger charge is -2.23. The van der Waals surface area contributed by atoms with Crippen LogP contribution in [0, 0.1) is 6.92 Å². The van der Waals surface area contributed by atoms with Crippen molar-refractivity contribution in [3.63, 3.8) is 0 Å². The Kier molecular flexibility index (Phi) is 4.00. The number of likely N-dealkylation sites (N-methyl/N-ethyl adjacent to an activating group) is 1. The molecule has 2 rings (SSSR count). The zero-order valence-corrected chi connectivity index (χ0v) is 11.1. The van der Waals surface area contributed by atoms with Gasteiger partial charge in [-0.25, -0.2) is 0 Å². The number of rotatable bonds is 4. The lowest BCUT2D eigenvalue weighted by atomic mass is 10.0. The maximum Gasteiger partial charge on any atom is 0.0774 e. The van der Waals surface area contributed by atoms with Crippen molar-refractivity contribution in [3.05, 3.63) is 21.9 Å². The van der Waals surface area contributed by atoms with Gasteiger partial charge in [0.15, 0.2) is 0 Å². The van der Waals surface area contributed by atoms with Crippen molar-refractivity contribution >= 4 is 11.3 Å². The van der Waals surface area contributed by atoms with Crippen molar-refractivity contribution in [2.45, 2.75) is 51.9 Å². The molecule has 1 aliphatic heterocycles. The maximum atomic E-state index is 5.98. The smallest absolute Gasteiger partial charge is 0.0774 e. The highest BCUT2D eigenvalue weighted by molar-refractivity contribution is 7.10. The second kappa shape index (κ2) is 5.30. The van der Waals surface area contributed by atoms with E-state index >= 15 is 0 Å². The highest BCUT2D eigenvalue weighted by Gasteiger charge is 2.30. The first-order valence-electron chi connectivity index (χ1n) is 6.14. The first kappa shape index (κ1) is 12.1. The van der Waals surface area contributed by atoms with Crippen molar-refractivity contribution in [2.75, 3.05) is 6.54 Å². The lowest BCUT2D eigenvalue weighted by Crippen LogP contribution is -2.31. The molecule has 0 bridgehead atoms. The molecule has 90 valence electrons. The molecular weight excluding hydrogens is 218 g/mol. The zero-order chi connectivity index (χ0) is 11.5. The number of ether oxygens (including phenoxy) is 1. The predicted octanol–water partition coefficient (Wildman–Crippen LogP) is 3.27. The largest absolute Gasteiger partial charge is 0.373 e. The highest BCUT2D eigenvalue weighted by Crippen LogP contribution is 2.31. The quantitative estimate of drug-likeness (QED) is 0.870. The summed E-state index contributed by atoms with van der Waals surface area (Å²) < 4.78 is 5.98. The minimum atomic E-state index is 0.351. The summed E-state index contributed by atoms with van der Waals surface area (Å²) >= 11 is 1.82. The van der Waals surface area contributed by atoms with Crippen LogP contribution in [-0.2, 0) is 4.74 Å². The number of hydrogen-bond acceptors (Lipinski definition) is 3. The Hall–Kier alpha value is -0.380. The summed E-state index contributed by atoms with van der Waals surface area (Å²) in [7, 11) is 0. The maximum absolute atomic E-state index is 5.98. The van der Waals surface area contributed by atoms with Crippen LogP contribution in [0.25, 0.3) is 0 Å². The van der Waals surface area contributed by atoms with E-state index in [-0.39, 0.29) is 0 Å². The molecule has 0 radical (unpaired) electrons. The Bertz CT molecular complexity index is 336. The Balaban J connectivity index is 2.10. The summed E-state index contributed by atoms with van der Waals surface area (Å²) in [5, 5.41) is 5.82. The number of nitrogens with one attached hydrogen (secondary N) is 1. The van der Waals surface area contributed by atoms with Crippen molar-refractivity contribution < 1.29 is 4.74 Å². The molecule has 1 aromatic heterocycles. The molecule has 1 N–H and O–H groups in total. The van der Waals surface area contributed by atoms with Gasteiger partial charge in [0.1, 0.15) is 0 Å². The molecular formula is C13H21NOS. The molecule has 2 heterocycles. The van der Waals surface area contributed by atoms with E-state index in [9.17, 15) is 0 Å². The molecule has 3 atom stereocenters. The van der Waals surface area contributed by atoms with Crippen LogP contribution in [-0.4, -0.2) is 18.8 Å². The second-order valence-corrected chi connectivity index (χ2v) is 5.70. The monoisotopic (exact) mass is 239 g/mol. The number of thiophene rings is 1. The van der Waals surface area contributed by atoms with E-state index < -0.39 is 0 Å². The molecule has 3 heteroatoms. The zero-order valence-electron chi connectivity index (χ0n) is 10.3. The van der Waals surface area contributed by atoms with E-state index in [1.54, 1.807) is 0 Å². The van der Waals surface area contributed by atoms with Crippen molar-refractivity contribution in [1.29, 1.82) is 0 Å². The van der Waals surface area contributed by atoms with Gasteiger partial charge < -0.3 is 10.1 Å². The van der Waals surface area contributed by atoms with Crippen LogP contribution in [0.15, 0.2) is 11.4 Å². The second-order valence-electron chi connectivity index (χ2n) is 4.59. The van der Waals surface area contributed by atoms with Crippen molar-refractivity contribution in [3.8, 4) is 0 Å². The van der Waals surface area contributed by atoms with Gasteiger partial charge in [-0.1, -0.05) is 6.92 Å². The van der Waals surface area contributed by atoms with Gasteiger partial charge in [-0.05, 0) is 50.2 Å². The van der Waals surface area contributed by atoms with Gasteiger partial charge in [0.2, 0.25) is 0 Å². The summed E-state index contributed by atoms with van der Waals surface area (Å²) in [6, 6.07) is 2.66. The molecule has 1 aromatic rings. The summed E-state index contributed by atoms with van der Waals surface area (Å²) in [5.41, 5.74) is 1.39. The molecule has 2 nitrogen and oxygen atoms in total. The number of aryl methyl sites for hydroxylation is 1. The SMILES string of the molecule is CCNC(c1csc(C)c1)C1CCC(C)O1. The number of hydrogen-bond donors (Lipinski definition) is 1. The normalized spacial score (nSPS) is 27.2. The molecule has 0 saturated carbocycles. The third kappa shape index (κ3) is 2.65. The molecule has 0 aliphatic carbocycles. The summed E-state index contributed by atoms with van der Waals surface area (Å²) in [6.07, 6.45) is 3.14. The van der Waals surface area contributed by atoms with E-state index in [1.165, 1.54) is 23.3 Å². The molecule has 0 spiro atoms. The molecule has 1 saturated heterocycles. The third-order valence-corrected chi connectivity index (χ3v) is 4.05. The third-order valence-electron chi connectivity index (χ3n) is 3.17. The van der Waals surface area contributed by atoms with Crippen LogP contribution in [0.5, 0.6) is 0 Å². The fraction of sp³-hybridized carbons (Fsp3) is 0.692. The lowest BCUT2D eigenvalue weighted by molar-refractivity contribution is 0.0320. The molecule has 0 aromatic carbocycles. The standard InChI is InChI=1S/C13H21NOS/c1-4-14-13(11-7-10(3)16-8-11)12-6-5-9(2)15-12/h7-9,12-14H,4-6H2,1-3H3. The molecule has 16 heavy (non-hydrogen) atoms. The van der Waals surface area contributed by atoms with E-state index in [0.717, 1.165) is 6.54 Å². The summed E-state index contributed by atoms with van der Waals surface area (Å²) in [5.74, 6) is 0. The Morgan fingerprint density at radius 1 is 1.56 bits per heavy atom.